The van der Waals surface area contributed by atoms with Gasteiger partial charge in [0, 0.05) is 6.54 Å². The van der Waals surface area contributed by atoms with E-state index in [2.05, 4.69) is 21.2 Å². The molecule has 1 heterocycles. The summed E-state index contributed by atoms with van der Waals surface area (Å²) in [6.45, 7) is 0.195. The van der Waals surface area contributed by atoms with E-state index in [1.165, 1.54) is 6.26 Å². The van der Waals surface area contributed by atoms with Gasteiger partial charge < -0.3 is 9.73 Å². The smallest absolute Gasteiger partial charge is 0.390 e. The average molecular weight is 272 g/mol. The third-order valence-corrected chi connectivity index (χ3v) is 2.27. The standard InChI is InChI=1S/C8H9BrF3NO/c9-6-1-4-14-7(6)5-13-3-2-8(10,11)12/h1,4,13H,2-3,5H2. The first-order valence-corrected chi connectivity index (χ1v) is 4.77. The fourth-order valence-corrected chi connectivity index (χ4v) is 1.22. The van der Waals surface area contributed by atoms with E-state index >= 15 is 0 Å². The van der Waals surface area contributed by atoms with Crippen LogP contribution in [0, 0.1) is 0 Å². The first kappa shape index (κ1) is 11.6. The third-order valence-electron chi connectivity index (χ3n) is 1.56. The molecule has 0 spiro atoms. The molecule has 0 unspecified atom stereocenters. The topological polar surface area (TPSA) is 25.2 Å². The van der Waals surface area contributed by atoms with E-state index in [0.29, 0.717) is 12.3 Å². The summed E-state index contributed by atoms with van der Waals surface area (Å²) in [7, 11) is 0. The zero-order valence-corrected chi connectivity index (χ0v) is 8.78. The average Bonchev–Trinajstić information content (AvgIpc) is 2.44. The van der Waals surface area contributed by atoms with Gasteiger partial charge in [-0.3, -0.25) is 0 Å². The highest BCUT2D eigenvalue weighted by molar-refractivity contribution is 9.10. The molecule has 1 aromatic heterocycles. The van der Waals surface area contributed by atoms with Gasteiger partial charge >= 0.3 is 6.18 Å². The number of alkyl halides is 3. The first-order valence-electron chi connectivity index (χ1n) is 3.98. The number of halogens is 4. The van der Waals surface area contributed by atoms with Gasteiger partial charge in [0.15, 0.2) is 0 Å². The van der Waals surface area contributed by atoms with E-state index in [-0.39, 0.29) is 6.54 Å². The first-order chi connectivity index (χ1) is 6.49. The lowest BCUT2D eigenvalue weighted by Gasteiger charge is -2.06. The quantitative estimate of drug-likeness (QED) is 0.852. The molecule has 0 atom stereocenters. The minimum atomic E-state index is -4.10. The maximum absolute atomic E-state index is 11.7. The predicted octanol–water partition coefficient (Wildman–Crippen LogP) is 3.08. The SMILES string of the molecule is FC(F)(F)CCNCc1occc1Br. The van der Waals surface area contributed by atoms with Gasteiger partial charge in [0.2, 0.25) is 0 Å². The molecule has 6 heteroatoms. The van der Waals surface area contributed by atoms with E-state index < -0.39 is 12.6 Å². The van der Waals surface area contributed by atoms with Crippen molar-refractivity contribution in [2.24, 2.45) is 0 Å². The molecule has 2 nitrogen and oxygen atoms in total. The molecular formula is C8H9BrF3NO. The molecular weight excluding hydrogens is 263 g/mol. The number of rotatable bonds is 4. The Morgan fingerprint density at radius 1 is 1.43 bits per heavy atom. The van der Waals surface area contributed by atoms with Gasteiger partial charge in [-0.05, 0) is 22.0 Å². The highest BCUT2D eigenvalue weighted by atomic mass is 79.9. The van der Waals surface area contributed by atoms with Crippen LogP contribution in [-0.2, 0) is 6.54 Å². The number of nitrogens with one attached hydrogen (secondary N) is 1. The van der Waals surface area contributed by atoms with Crippen molar-refractivity contribution in [3.63, 3.8) is 0 Å². The van der Waals surface area contributed by atoms with Crippen molar-refractivity contribution in [2.45, 2.75) is 19.1 Å². The van der Waals surface area contributed by atoms with Crippen LogP contribution in [0.5, 0.6) is 0 Å². The van der Waals surface area contributed by atoms with Crippen LogP contribution < -0.4 is 5.32 Å². The van der Waals surface area contributed by atoms with Crippen LogP contribution in [0.2, 0.25) is 0 Å². The molecule has 0 aliphatic rings. The minimum Gasteiger partial charge on any atom is -0.467 e. The molecule has 0 amide bonds. The monoisotopic (exact) mass is 271 g/mol. The predicted molar refractivity (Wildman–Crippen MR) is 48.8 cm³/mol. The van der Waals surface area contributed by atoms with Crippen molar-refractivity contribution in [3.05, 3.63) is 22.6 Å². The van der Waals surface area contributed by atoms with Gasteiger partial charge in [0.1, 0.15) is 5.76 Å². The summed E-state index contributed by atoms with van der Waals surface area (Å²) in [6, 6.07) is 1.70. The van der Waals surface area contributed by atoms with E-state index in [9.17, 15) is 13.2 Å². The minimum absolute atomic E-state index is 0.101. The number of furan rings is 1. The third kappa shape index (κ3) is 4.15. The Labute approximate surface area is 87.6 Å². The molecule has 80 valence electrons. The fraction of sp³-hybridized carbons (Fsp3) is 0.500. The summed E-state index contributed by atoms with van der Waals surface area (Å²) < 4.78 is 41.0. The molecule has 1 rings (SSSR count). The molecule has 0 radical (unpaired) electrons. The van der Waals surface area contributed by atoms with Gasteiger partial charge in [-0.1, -0.05) is 0 Å². The summed E-state index contributed by atoms with van der Waals surface area (Å²) in [6.07, 6.45) is -3.45. The molecule has 0 aromatic carbocycles. The van der Waals surface area contributed by atoms with Gasteiger partial charge in [-0.25, -0.2) is 0 Å². The van der Waals surface area contributed by atoms with Crippen LogP contribution in [0.4, 0.5) is 13.2 Å². The number of hydrogen-bond acceptors (Lipinski definition) is 2. The molecule has 0 saturated carbocycles. The molecule has 0 aliphatic heterocycles. The summed E-state index contributed by atoms with van der Waals surface area (Å²) in [5.41, 5.74) is 0. The van der Waals surface area contributed by atoms with Crippen LogP contribution in [0.3, 0.4) is 0 Å². The Kier molecular flexibility index (Phi) is 4.00. The van der Waals surface area contributed by atoms with Crippen molar-refractivity contribution in [2.75, 3.05) is 6.54 Å². The molecule has 1 N–H and O–H groups in total. The van der Waals surface area contributed by atoms with Crippen molar-refractivity contribution in [1.29, 1.82) is 0 Å². The maximum Gasteiger partial charge on any atom is 0.390 e. The van der Waals surface area contributed by atoms with Crippen molar-refractivity contribution in [1.82, 2.24) is 5.32 Å². The Hall–Kier alpha value is -0.490. The van der Waals surface area contributed by atoms with Crippen LogP contribution >= 0.6 is 15.9 Å². The van der Waals surface area contributed by atoms with E-state index in [4.69, 9.17) is 4.42 Å². The molecule has 1 aromatic rings. The molecule has 0 aliphatic carbocycles. The molecule has 0 fully saturated rings. The summed E-state index contributed by atoms with van der Waals surface area (Å²) in [4.78, 5) is 0. The van der Waals surface area contributed by atoms with Crippen LogP contribution in [0.1, 0.15) is 12.2 Å². The van der Waals surface area contributed by atoms with E-state index in [0.717, 1.165) is 4.47 Å². The highest BCUT2D eigenvalue weighted by Crippen LogP contribution is 2.19. The maximum atomic E-state index is 11.7. The Balaban J connectivity index is 2.20. The molecule has 0 bridgehead atoms. The second-order valence-electron chi connectivity index (χ2n) is 2.73. The van der Waals surface area contributed by atoms with Crippen molar-refractivity contribution >= 4 is 15.9 Å². The Morgan fingerprint density at radius 2 is 2.14 bits per heavy atom. The fourth-order valence-electron chi connectivity index (χ4n) is 0.883. The normalized spacial score (nSPS) is 12.0. The van der Waals surface area contributed by atoms with Crippen molar-refractivity contribution in [3.8, 4) is 0 Å². The second-order valence-corrected chi connectivity index (χ2v) is 3.59. The second kappa shape index (κ2) is 4.84. The summed E-state index contributed by atoms with van der Waals surface area (Å²) in [5.74, 6) is 0.604. The van der Waals surface area contributed by atoms with Gasteiger partial charge in [0.25, 0.3) is 0 Å². The summed E-state index contributed by atoms with van der Waals surface area (Å²) in [5, 5.41) is 2.64. The Bertz CT molecular complexity index is 284. The van der Waals surface area contributed by atoms with Crippen LogP contribution in [0.15, 0.2) is 21.2 Å². The van der Waals surface area contributed by atoms with Gasteiger partial charge in [-0.2, -0.15) is 13.2 Å². The summed E-state index contributed by atoms with van der Waals surface area (Å²) >= 11 is 3.20. The molecule has 14 heavy (non-hydrogen) atoms. The van der Waals surface area contributed by atoms with Gasteiger partial charge in [-0.15, -0.1) is 0 Å². The van der Waals surface area contributed by atoms with Crippen LogP contribution in [-0.4, -0.2) is 12.7 Å². The zero-order chi connectivity index (χ0) is 10.6. The highest BCUT2D eigenvalue weighted by Gasteiger charge is 2.25. The van der Waals surface area contributed by atoms with Crippen molar-refractivity contribution < 1.29 is 17.6 Å². The lowest BCUT2D eigenvalue weighted by atomic mass is 10.4. The van der Waals surface area contributed by atoms with E-state index in [1.54, 1.807) is 6.07 Å². The van der Waals surface area contributed by atoms with Gasteiger partial charge in [0.05, 0.1) is 23.7 Å². The van der Waals surface area contributed by atoms with E-state index in [1.807, 2.05) is 0 Å². The lowest BCUT2D eigenvalue weighted by molar-refractivity contribution is -0.133. The number of hydrogen-bond donors (Lipinski definition) is 1. The Morgan fingerprint density at radius 3 is 2.64 bits per heavy atom. The molecule has 0 saturated heterocycles. The zero-order valence-electron chi connectivity index (χ0n) is 7.20. The van der Waals surface area contributed by atoms with Crippen LogP contribution in [0.25, 0.3) is 0 Å². The largest absolute Gasteiger partial charge is 0.467 e. The lowest BCUT2D eigenvalue weighted by Crippen LogP contribution is -2.21.